The van der Waals surface area contributed by atoms with E-state index in [0.717, 1.165) is 19.5 Å². The minimum absolute atomic E-state index is 0.301. The smallest absolute Gasteiger partial charge is 0.107 e. The van der Waals surface area contributed by atoms with E-state index < -0.39 is 0 Å². The molecule has 1 aliphatic rings. The molecular formula is C5H10NO. The van der Waals surface area contributed by atoms with Crippen LogP contribution in [0.5, 0.6) is 0 Å². The van der Waals surface area contributed by atoms with E-state index in [1.165, 1.54) is 0 Å². The van der Waals surface area contributed by atoms with E-state index in [-0.39, 0.29) is 6.10 Å². The van der Waals surface area contributed by atoms with Crippen molar-refractivity contribution in [2.75, 3.05) is 20.1 Å². The standard InChI is InChI=1S/C5H10NO/c1-6-3-2-5(7)4-6/h5H,2-4H2,1H3. The highest BCUT2D eigenvalue weighted by Gasteiger charge is 2.16. The Morgan fingerprint density at radius 3 is 2.57 bits per heavy atom. The van der Waals surface area contributed by atoms with Crippen molar-refractivity contribution >= 4 is 0 Å². The molecule has 2 heteroatoms. The average Bonchev–Trinajstić information content (AvgIpc) is 1.87. The van der Waals surface area contributed by atoms with Crippen LogP contribution in [0.15, 0.2) is 0 Å². The molecule has 7 heavy (non-hydrogen) atoms. The van der Waals surface area contributed by atoms with Gasteiger partial charge in [-0.15, -0.1) is 0 Å². The Kier molecular flexibility index (Phi) is 1.30. The van der Waals surface area contributed by atoms with Gasteiger partial charge < -0.3 is 4.90 Å². The molecule has 0 amide bonds. The van der Waals surface area contributed by atoms with Crippen molar-refractivity contribution < 1.29 is 5.11 Å². The third kappa shape index (κ3) is 1.14. The maximum atomic E-state index is 10.5. The van der Waals surface area contributed by atoms with Crippen molar-refractivity contribution in [1.29, 1.82) is 0 Å². The third-order valence-electron chi connectivity index (χ3n) is 1.35. The van der Waals surface area contributed by atoms with Gasteiger partial charge in [0.15, 0.2) is 0 Å². The van der Waals surface area contributed by atoms with Crippen LogP contribution in [-0.4, -0.2) is 31.1 Å². The first-order valence-corrected chi connectivity index (χ1v) is 2.63. The van der Waals surface area contributed by atoms with Gasteiger partial charge in [-0.3, -0.25) is 0 Å². The second kappa shape index (κ2) is 1.80. The molecule has 2 nitrogen and oxygen atoms in total. The van der Waals surface area contributed by atoms with E-state index in [9.17, 15) is 5.11 Å². The first-order valence-electron chi connectivity index (χ1n) is 2.63. The maximum Gasteiger partial charge on any atom is 0.107 e. The first kappa shape index (κ1) is 5.06. The third-order valence-corrected chi connectivity index (χ3v) is 1.35. The largest absolute Gasteiger partial charge is 0.304 e. The maximum absolute atomic E-state index is 10.5. The Bertz CT molecular complexity index is 57.1. The second-order valence-electron chi connectivity index (χ2n) is 2.17. The lowest BCUT2D eigenvalue weighted by Crippen LogP contribution is -2.15. The van der Waals surface area contributed by atoms with E-state index in [4.69, 9.17) is 0 Å². The molecule has 0 saturated carbocycles. The summed E-state index contributed by atoms with van der Waals surface area (Å²) in [4.78, 5) is 2.07. The lowest BCUT2D eigenvalue weighted by atomic mass is 10.3. The number of likely N-dealkylation sites (tertiary alicyclic amines) is 1. The Balaban J connectivity index is 2.26. The van der Waals surface area contributed by atoms with Crippen molar-refractivity contribution in [3.63, 3.8) is 0 Å². The first-order chi connectivity index (χ1) is 3.29. The zero-order chi connectivity index (χ0) is 5.28. The quantitative estimate of drug-likeness (QED) is 0.424. The van der Waals surface area contributed by atoms with Crippen LogP contribution >= 0.6 is 0 Å². The second-order valence-corrected chi connectivity index (χ2v) is 2.17. The fourth-order valence-corrected chi connectivity index (χ4v) is 0.895. The van der Waals surface area contributed by atoms with Gasteiger partial charge in [0, 0.05) is 13.1 Å². The Morgan fingerprint density at radius 2 is 2.43 bits per heavy atom. The molecule has 1 atom stereocenters. The highest BCUT2D eigenvalue weighted by Crippen LogP contribution is 2.04. The summed E-state index contributed by atoms with van der Waals surface area (Å²) in [6.07, 6.45) is 0.543. The number of rotatable bonds is 0. The normalized spacial score (nSPS) is 34.3. The van der Waals surface area contributed by atoms with Crippen LogP contribution in [0.2, 0.25) is 0 Å². The monoisotopic (exact) mass is 100 g/mol. The van der Waals surface area contributed by atoms with Gasteiger partial charge in [0.05, 0.1) is 0 Å². The molecule has 0 aromatic carbocycles. The van der Waals surface area contributed by atoms with Crippen molar-refractivity contribution in [3.05, 3.63) is 0 Å². The summed E-state index contributed by atoms with van der Waals surface area (Å²) in [6.45, 7) is 1.74. The molecule has 0 aromatic heterocycles. The molecule has 0 spiro atoms. The highest BCUT2D eigenvalue weighted by atomic mass is 16.3. The summed E-state index contributed by atoms with van der Waals surface area (Å²) >= 11 is 0. The molecule has 1 unspecified atom stereocenters. The number of likely N-dealkylation sites (N-methyl/N-ethyl adjacent to an activating group) is 1. The van der Waals surface area contributed by atoms with Crippen LogP contribution in [0.3, 0.4) is 0 Å². The SMILES string of the molecule is CN1CCC([O])C1. The summed E-state index contributed by atoms with van der Waals surface area (Å²) in [5.41, 5.74) is 0. The fraction of sp³-hybridized carbons (Fsp3) is 1.00. The summed E-state index contributed by atoms with van der Waals surface area (Å²) in [7, 11) is 1.98. The van der Waals surface area contributed by atoms with Crippen LogP contribution in [0, 0.1) is 0 Å². The van der Waals surface area contributed by atoms with Gasteiger partial charge in [0.25, 0.3) is 0 Å². The lowest BCUT2D eigenvalue weighted by molar-refractivity contribution is 0.0980. The molecule has 0 bridgehead atoms. The number of hydrogen-bond acceptors (Lipinski definition) is 1. The summed E-state index contributed by atoms with van der Waals surface area (Å²) in [5.74, 6) is 0. The van der Waals surface area contributed by atoms with E-state index in [0.29, 0.717) is 0 Å². The molecule has 1 radical (unpaired) electrons. The van der Waals surface area contributed by atoms with E-state index in [1.807, 2.05) is 7.05 Å². The molecule has 1 rings (SSSR count). The molecule has 1 aliphatic heterocycles. The molecule has 1 saturated heterocycles. The van der Waals surface area contributed by atoms with Crippen molar-refractivity contribution in [3.8, 4) is 0 Å². The summed E-state index contributed by atoms with van der Waals surface area (Å²) in [6, 6.07) is 0. The molecule has 1 heterocycles. The zero-order valence-electron chi connectivity index (χ0n) is 4.55. The Labute approximate surface area is 43.7 Å². The van der Waals surface area contributed by atoms with Crippen LogP contribution in [0.1, 0.15) is 6.42 Å². The van der Waals surface area contributed by atoms with Crippen LogP contribution < -0.4 is 0 Å². The van der Waals surface area contributed by atoms with Crippen molar-refractivity contribution in [2.24, 2.45) is 0 Å². The topological polar surface area (TPSA) is 23.1 Å². The van der Waals surface area contributed by atoms with Gasteiger partial charge >= 0.3 is 0 Å². The predicted molar refractivity (Wildman–Crippen MR) is 26.6 cm³/mol. The van der Waals surface area contributed by atoms with Gasteiger partial charge in [-0.2, -0.15) is 0 Å². The Morgan fingerprint density at radius 1 is 1.71 bits per heavy atom. The van der Waals surface area contributed by atoms with E-state index >= 15 is 0 Å². The van der Waals surface area contributed by atoms with Gasteiger partial charge in [-0.05, 0) is 13.5 Å². The predicted octanol–water partition coefficient (Wildman–Crippen LogP) is 0.121. The molecule has 0 aliphatic carbocycles. The average molecular weight is 100 g/mol. The van der Waals surface area contributed by atoms with E-state index in [1.54, 1.807) is 0 Å². The van der Waals surface area contributed by atoms with E-state index in [2.05, 4.69) is 4.90 Å². The van der Waals surface area contributed by atoms with Crippen LogP contribution in [0.4, 0.5) is 0 Å². The number of hydrogen-bond donors (Lipinski definition) is 0. The van der Waals surface area contributed by atoms with Crippen molar-refractivity contribution in [2.45, 2.75) is 12.5 Å². The summed E-state index contributed by atoms with van der Waals surface area (Å²) < 4.78 is 0. The minimum atomic E-state index is -0.301. The minimum Gasteiger partial charge on any atom is -0.304 e. The molecule has 0 N–H and O–H groups in total. The Hall–Kier alpha value is -0.0800. The summed E-state index contributed by atoms with van der Waals surface area (Å²) in [5, 5.41) is 10.5. The molecule has 0 aromatic rings. The molecular weight excluding hydrogens is 90.1 g/mol. The number of nitrogens with zero attached hydrogens (tertiary/aromatic N) is 1. The van der Waals surface area contributed by atoms with Crippen LogP contribution in [-0.2, 0) is 5.11 Å². The molecule has 1 fully saturated rings. The van der Waals surface area contributed by atoms with Crippen LogP contribution in [0.25, 0.3) is 0 Å². The highest BCUT2D eigenvalue weighted by molar-refractivity contribution is 4.69. The fourth-order valence-electron chi connectivity index (χ4n) is 0.895. The van der Waals surface area contributed by atoms with Gasteiger partial charge in [-0.25, -0.2) is 5.11 Å². The van der Waals surface area contributed by atoms with Gasteiger partial charge in [0.1, 0.15) is 6.10 Å². The molecule has 41 valence electrons. The zero-order valence-corrected chi connectivity index (χ0v) is 4.55. The van der Waals surface area contributed by atoms with Gasteiger partial charge in [0.2, 0.25) is 0 Å². The lowest BCUT2D eigenvalue weighted by Gasteiger charge is -2.01. The van der Waals surface area contributed by atoms with Crippen molar-refractivity contribution in [1.82, 2.24) is 4.90 Å². The van der Waals surface area contributed by atoms with Gasteiger partial charge in [-0.1, -0.05) is 0 Å².